The number of amides is 2. The van der Waals surface area contributed by atoms with Crippen molar-refractivity contribution in [1.29, 1.82) is 0 Å². The molecule has 1 rings (SSSR count). The molecule has 5 heteroatoms. The predicted octanol–water partition coefficient (Wildman–Crippen LogP) is 3.09. The van der Waals surface area contributed by atoms with E-state index >= 15 is 0 Å². The Morgan fingerprint density at radius 3 is 2.50 bits per heavy atom. The summed E-state index contributed by atoms with van der Waals surface area (Å²) in [5, 5.41) is 14.1. The summed E-state index contributed by atoms with van der Waals surface area (Å²) < 4.78 is 0. The van der Waals surface area contributed by atoms with Crippen molar-refractivity contribution in [1.82, 2.24) is 5.32 Å². The van der Waals surface area contributed by atoms with E-state index in [0.29, 0.717) is 5.69 Å². The van der Waals surface area contributed by atoms with E-state index in [2.05, 4.69) is 17.6 Å². The number of carbonyl (C=O) groups excluding carboxylic acids is 1. The zero-order valence-corrected chi connectivity index (χ0v) is 11.7. The van der Waals surface area contributed by atoms with Crippen molar-refractivity contribution in [3.05, 3.63) is 35.9 Å². The van der Waals surface area contributed by atoms with Crippen LogP contribution >= 0.6 is 0 Å². The Hall–Kier alpha value is -2.30. The van der Waals surface area contributed by atoms with Gasteiger partial charge in [-0.25, -0.2) is 9.59 Å². The molecule has 0 aliphatic carbocycles. The topological polar surface area (TPSA) is 78.4 Å². The number of rotatable bonds is 6. The first kappa shape index (κ1) is 15.8. The standard InChI is InChI=1S/C15H20N2O3/c1-3-4-11(2)16-15(20)17-13-8-5-12(6-9-13)7-10-14(18)19/h5-11H,3-4H2,1-2H3,(H,18,19)(H2,16,17,20)/b10-7+. The van der Waals surface area contributed by atoms with Gasteiger partial charge < -0.3 is 15.7 Å². The molecule has 0 fully saturated rings. The summed E-state index contributed by atoms with van der Waals surface area (Å²) in [5.74, 6) is -0.989. The molecule has 0 bridgehead atoms. The maximum Gasteiger partial charge on any atom is 0.328 e. The third-order valence-corrected chi connectivity index (χ3v) is 2.69. The number of carboxylic acid groups (broad SMARTS) is 1. The largest absolute Gasteiger partial charge is 0.478 e. The lowest BCUT2D eigenvalue weighted by Crippen LogP contribution is -2.35. The zero-order chi connectivity index (χ0) is 15.0. The van der Waals surface area contributed by atoms with Crippen molar-refractivity contribution in [3.63, 3.8) is 0 Å². The summed E-state index contributed by atoms with van der Waals surface area (Å²) in [6.07, 6.45) is 4.52. The van der Waals surface area contributed by atoms with E-state index in [-0.39, 0.29) is 12.1 Å². The number of hydrogen-bond acceptors (Lipinski definition) is 2. The van der Waals surface area contributed by atoms with Crippen molar-refractivity contribution >= 4 is 23.8 Å². The van der Waals surface area contributed by atoms with Gasteiger partial charge in [-0.2, -0.15) is 0 Å². The van der Waals surface area contributed by atoms with Gasteiger partial charge in [0.25, 0.3) is 0 Å². The molecular weight excluding hydrogens is 256 g/mol. The summed E-state index contributed by atoms with van der Waals surface area (Å²) in [4.78, 5) is 22.1. The van der Waals surface area contributed by atoms with E-state index in [1.165, 1.54) is 6.08 Å². The lowest BCUT2D eigenvalue weighted by molar-refractivity contribution is -0.131. The van der Waals surface area contributed by atoms with Gasteiger partial charge in [-0.1, -0.05) is 25.5 Å². The van der Waals surface area contributed by atoms with Crippen LogP contribution < -0.4 is 10.6 Å². The van der Waals surface area contributed by atoms with Crippen LogP contribution in [0.1, 0.15) is 32.3 Å². The fourth-order valence-corrected chi connectivity index (χ4v) is 1.74. The molecule has 108 valence electrons. The third-order valence-electron chi connectivity index (χ3n) is 2.69. The Bertz CT molecular complexity index is 480. The smallest absolute Gasteiger partial charge is 0.328 e. The number of benzene rings is 1. The number of urea groups is 1. The van der Waals surface area contributed by atoms with Crippen LogP contribution in [-0.4, -0.2) is 23.1 Å². The van der Waals surface area contributed by atoms with E-state index in [4.69, 9.17) is 5.11 Å². The summed E-state index contributed by atoms with van der Waals surface area (Å²) in [6.45, 7) is 4.03. The molecule has 0 radical (unpaired) electrons. The first-order valence-corrected chi connectivity index (χ1v) is 6.60. The lowest BCUT2D eigenvalue weighted by Gasteiger charge is -2.13. The van der Waals surface area contributed by atoms with E-state index in [0.717, 1.165) is 24.5 Å². The second kappa shape index (κ2) is 7.99. The molecule has 0 aliphatic rings. The molecular formula is C15H20N2O3. The predicted molar refractivity (Wildman–Crippen MR) is 79.6 cm³/mol. The van der Waals surface area contributed by atoms with E-state index < -0.39 is 5.97 Å². The van der Waals surface area contributed by atoms with Crippen LogP contribution in [0.15, 0.2) is 30.3 Å². The molecule has 1 aromatic rings. The van der Waals surface area contributed by atoms with Gasteiger partial charge in [0.05, 0.1) is 0 Å². The normalized spacial score (nSPS) is 12.1. The molecule has 20 heavy (non-hydrogen) atoms. The average Bonchev–Trinajstić information content (AvgIpc) is 2.37. The van der Waals surface area contributed by atoms with Gasteiger partial charge in [-0.15, -0.1) is 0 Å². The number of aliphatic carboxylic acids is 1. The number of hydrogen-bond donors (Lipinski definition) is 3. The van der Waals surface area contributed by atoms with Gasteiger partial charge in [0, 0.05) is 17.8 Å². The molecule has 0 heterocycles. The van der Waals surface area contributed by atoms with Crippen LogP contribution in [0.3, 0.4) is 0 Å². The molecule has 0 aliphatic heterocycles. The Balaban J connectivity index is 2.52. The Kier molecular flexibility index (Phi) is 6.29. The fraction of sp³-hybridized carbons (Fsp3) is 0.333. The van der Waals surface area contributed by atoms with Crippen LogP contribution in [0.2, 0.25) is 0 Å². The fourth-order valence-electron chi connectivity index (χ4n) is 1.74. The van der Waals surface area contributed by atoms with Crippen LogP contribution in [-0.2, 0) is 4.79 Å². The Morgan fingerprint density at radius 2 is 1.95 bits per heavy atom. The second-order valence-corrected chi connectivity index (χ2v) is 4.58. The van der Waals surface area contributed by atoms with E-state index in [1.54, 1.807) is 24.3 Å². The van der Waals surface area contributed by atoms with Crippen molar-refractivity contribution < 1.29 is 14.7 Å². The monoisotopic (exact) mass is 276 g/mol. The second-order valence-electron chi connectivity index (χ2n) is 4.58. The highest BCUT2D eigenvalue weighted by Crippen LogP contribution is 2.10. The van der Waals surface area contributed by atoms with E-state index in [1.807, 2.05) is 6.92 Å². The zero-order valence-electron chi connectivity index (χ0n) is 11.7. The molecule has 0 spiro atoms. The Morgan fingerprint density at radius 1 is 1.30 bits per heavy atom. The van der Waals surface area contributed by atoms with Gasteiger partial charge in [0.2, 0.25) is 0 Å². The van der Waals surface area contributed by atoms with Crippen LogP contribution in [0.4, 0.5) is 10.5 Å². The number of nitrogens with one attached hydrogen (secondary N) is 2. The minimum Gasteiger partial charge on any atom is -0.478 e. The number of carboxylic acids is 1. The van der Waals surface area contributed by atoms with E-state index in [9.17, 15) is 9.59 Å². The van der Waals surface area contributed by atoms with Crippen molar-refractivity contribution in [2.45, 2.75) is 32.7 Å². The highest BCUT2D eigenvalue weighted by atomic mass is 16.4. The quantitative estimate of drug-likeness (QED) is 0.699. The maximum absolute atomic E-state index is 11.7. The minimum atomic E-state index is -0.989. The number of anilines is 1. The highest BCUT2D eigenvalue weighted by molar-refractivity contribution is 5.89. The van der Waals surface area contributed by atoms with Crippen LogP contribution in [0.5, 0.6) is 0 Å². The first-order valence-electron chi connectivity index (χ1n) is 6.60. The van der Waals surface area contributed by atoms with Gasteiger partial charge in [0.15, 0.2) is 0 Å². The summed E-state index contributed by atoms with van der Waals surface area (Å²) >= 11 is 0. The third kappa shape index (κ3) is 6.04. The van der Waals surface area contributed by atoms with Gasteiger partial charge in [-0.3, -0.25) is 0 Å². The van der Waals surface area contributed by atoms with Crippen molar-refractivity contribution in [2.75, 3.05) is 5.32 Å². The van der Waals surface area contributed by atoms with Crippen LogP contribution in [0.25, 0.3) is 6.08 Å². The molecule has 3 N–H and O–H groups in total. The highest BCUT2D eigenvalue weighted by Gasteiger charge is 2.06. The summed E-state index contributed by atoms with van der Waals surface area (Å²) in [5.41, 5.74) is 1.43. The average molecular weight is 276 g/mol. The molecule has 0 aromatic heterocycles. The summed E-state index contributed by atoms with van der Waals surface area (Å²) in [6, 6.07) is 6.84. The first-order chi connectivity index (χ1) is 9.51. The molecule has 2 amide bonds. The lowest BCUT2D eigenvalue weighted by atomic mass is 10.2. The minimum absolute atomic E-state index is 0.137. The Labute approximate surface area is 118 Å². The molecule has 0 saturated heterocycles. The van der Waals surface area contributed by atoms with Crippen LogP contribution in [0, 0.1) is 0 Å². The maximum atomic E-state index is 11.7. The molecule has 0 saturated carbocycles. The molecule has 1 atom stereocenters. The molecule has 1 unspecified atom stereocenters. The van der Waals surface area contributed by atoms with Crippen molar-refractivity contribution in [2.24, 2.45) is 0 Å². The SMILES string of the molecule is CCCC(C)NC(=O)Nc1ccc(/C=C/C(=O)O)cc1. The number of carbonyl (C=O) groups is 2. The summed E-state index contributed by atoms with van der Waals surface area (Å²) in [7, 11) is 0. The van der Waals surface area contributed by atoms with Crippen molar-refractivity contribution in [3.8, 4) is 0 Å². The molecule has 1 aromatic carbocycles. The molecule has 5 nitrogen and oxygen atoms in total. The van der Waals surface area contributed by atoms with Gasteiger partial charge in [0.1, 0.15) is 0 Å². The van der Waals surface area contributed by atoms with Gasteiger partial charge >= 0.3 is 12.0 Å². The van der Waals surface area contributed by atoms with Gasteiger partial charge in [-0.05, 0) is 37.1 Å².